The average Bonchev–Trinajstić information content (AvgIpc) is 2.85. The number of rotatable bonds is 8. The molecule has 0 atom stereocenters. The van der Waals surface area contributed by atoms with E-state index in [4.69, 9.17) is 4.74 Å². The Morgan fingerprint density at radius 1 is 1.20 bits per heavy atom. The number of anilines is 2. The van der Waals surface area contributed by atoms with Crippen molar-refractivity contribution in [2.45, 2.75) is 49.6 Å². The number of piperidine rings is 1. The van der Waals surface area contributed by atoms with Crippen molar-refractivity contribution >= 4 is 45.0 Å². The summed E-state index contributed by atoms with van der Waals surface area (Å²) in [6, 6.07) is 9.76. The van der Waals surface area contributed by atoms with Gasteiger partial charge in [-0.1, -0.05) is 22.6 Å². The number of nitrogens with zero attached hydrogens (tertiary/aromatic N) is 4. The van der Waals surface area contributed by atoms with Gasteiger partial charge in [0.25, 0.3) is 0 Å². The summed E-state index contributed by atoms with van der Waals surface area (Å²) in [6.07, 6.45) is 3.85. The van der Waals surface area contributed by atoms with Crippen molar-refractivity contribution in [2.75, 3.05) is 39.1 Å². The Kier molecular flexibility index (Phi) is 8.12. The third kappa shape index (κ3) is 5.54. The van der Waals surface area contributed by atoms with E-state index in [1.165, 1.54) is 6.07 Å². The van der Waals surface area contributed by atoms with Crippen LogP contribution in [-0.4, -0.2) is 59.6 Å². The zero-order chi connectivity index (χ0) is 25.2. The zero-order valence-corrected chi connectivity index (χ0v) is 23.4. The molecule has 1 aliphatic heterocycles. The first-order chi connectivity index (χ1) is 16.7. The highest BCUT2D eigenvalue weighted by atomic mass is 127. The summed E-state index contributed by atoms with van der Waals surface area (Å²) in [5.41, 5.74) is 3.11. The number of fused-ring (bicyclic) bond motifs is 1. The highest BCUT2D eigenvalue weighted by Gasteiger charge is 2.35. The van der Waals surface area contributed by atoms with Crippen molar-refractivity contribution in [3.63, 3.8) is 0 Å². The number of hydrogen-bond acceptors (Lipinski definition) is 6. The van der Waals surface area contributed by atoms with Crippen molar-refractivity contribution < 1.29 is 9.13 Å². The molecule has 3 aromatic rings. The first kappa shape index (κ1) is 26.0. The third-order valence-electron chi connectivity index (χ3n) is 7.27. The van der Waals surface area contributed by atoms with Gasteiger partial charge in [0.1, 0.15) is 23.7 Å². The van der Waals surface area contributed by atoms with Gasteiger partial charge in [-0.3, -0.25) is 4.90 Å². The van der Waals surface area contributed by atoms with Crippen molar-refractivity contribution in [1.82, 2.24) is 19.8 Å². The fourth-order valence-electron chi connectivity index (χ4n) is 4.86. The Morgan fingerprint density at radius 2 is 1.94 bits per heavy atom. The minimum absolute atomic E-state index is 0.195. The van der Waals surface area contributed by atoms with Gasteiger partial charge >= 0.3 is 0 Å². The molecule has 2 heterocycles. The molecule has 35 heavy (non-hydrogen) atoms. The van der Waals surface area contributed by atoms with E-state index in [1.807, 2.05) is 19.1 Å². The smallest absolute Gasteiger partial charge is 0.141 e. The number of likely N-dealkylation sites (tertiary alicyclic amines) is 1. The molecule has 0 amide bonds. The molecular weight excluding hydrogens is 556 g/mol. The van der Waals surface area contributed by atoms with Gasteiger partial charge in [-0.05, 0) is 90.6 Å². The lowest BCUT2D eigenvalue weighted by molar-refractivity contribution is 0.0571. The van der Waals surface area contributed by atoms with Crippen LogP contribution in [-0.2, 0) is 9.97 Å². The number of nitrogens with one attached hydrogen (secondary N) is 1. The van der Waals surface area contributed by atoms with E-state index in [-0.39, 0.29) is 11.4 Å². The zero-order valence-electron chi connectivity index (χ0n) is 21.2. The van der Waals surface area contributed by atoms with Gasteiger partial charge in [0.15, 0.2) is 0 Å². The Balaban J connectivity index is 1.76. The molecule has 0 aliphatic carbocycles. The van der Waals surface area contributed by atoms with Gasteiger partial charge in [0.2, 0.25) is 0 Å². The molecule has 6 nitrogen and oxygen atoms in total. The Labute approximate surface area is 221 Å². The van der Waals surface area contributed by atoms with Crippen molar-refractivity contribution in [2.24, 2.45) is 0 Å². The van der Waals surface area contributed by atoms with E-state index >= 15 is 0 Å². The summed E-state index contributed by atoms with van der Waals surface area (Å²) in [4.78, 5) is 14.0. The Morgan fingerprint density at radius 3 is 2.63 bits per heavy atom. The molecule has 1 aromatic heterocycles. The minimum atomic E-state index is -0.267. The molecule has 8 heteroatoms. The number of halogens is 2. The van der Waals surface area contributed by atoms with Gasteiger partial charge in [-0.2, -0.15) is 0 Å². The predicted octanol–water partition coefficient (Wildman–Crippen LogP) is 6.11. The van der Waals surface area contributed by atoms with E-state index in [2.05, 4.69) is 81.7 Å². The van der Waals surface area contributed by atoms with Crippen LogP contribution in [0.25, 0.3) is 10.9 Å². The number of ether oxygens (including phenoxy) is 1. The molecule has 4 rings (SSSR count). The fraction of sp³-hybridized carbons (Fsp3) is 0.481. The van der Waals surface area contributed by atoms with E-state index in [1.54, 1.807) is 12.4 Å². The topological polar surface area (TPSA) is 53.5 Å². The summed E-state index contributed by atoms with van der Waals surface area (Å²) >= 11 is 2.18. The van der Waals surface area contributed by atoms with Gasteiger partial charge in [0.05, 0.1) is 12.1 Å². The van der Waals surface area contributed by atoms with Crippen LogP contribution in [0, 0.1) is 5.82 Å². The Hall–Kier alpha value is -2.04. The van der Waals surface area contributed by atoms with Crippen molar-refractivity contribution in [1.29, 1.82) is 0 Å². The number of alkyl halides is 1. The molecule has 2 aromatic carbocycles. The lowest BCUT2D eigenvalue weighted by Gasteiger charge is -2.45. The van der Waals surface area contributed by atoms with Crippen molar-refractivity contribution in [3.8, 4) is 5.75 Å². The second kappa shape index (κ2) is 10.9. The van der Waals surface area contributed by atoms with Gasteiger partial charge in [-0.25, -0.2) is 14.4 Å². The second-order valence-electron chi connectivity index (χ2n) is 9.79. The fourth-order valence-corrected chi connectivity index (χ4v) is 5.44. The van der Waals surface area contributed by atoms with Crippen LogP contribution in [0.5, 0.6) is 5.75 Å². The van der Waals surface area contributed by atoms with Crippen LogP contribution < -0.4 is 10.1 Å². The molecule has 0 radical (unpaired) electrons. The van der Waals surface area contributed by atoms with Crippen LogP contribution in [0.4, 0.5) is 15.9 Å². The van der Waals surface area contributed by atoms with Gasteiger partial charge < -0.3 is 15.0 Å². The molecule has 0 saturated carbocycles. The lowest BCUT2D eigenvalue weighted by atomic mass is 9.87. The molecule has 0 spiro atoms. The van der Waals surface area contributed by atoms with Crippen LogP contribution in [0.3, 0.4) is 0 Å². The van der Waals surface area contributed by atoms with Crippen molar-refractivity contribution in [3.05, 3.63) is 53.6 Å². The van der Waals surface area contributed by atoms with E-state index in [0.29, 0.717) is 28.5 Å². The van der Waals surface area contributed by atoms with E-state index < -0.39 is 0 Å². The molecule has 0 bridgehead atoms. The largest absolute Gasteiger partial charge is 0.493 e. The summed E-state index contributed by atoms with van der Waals surface area (Å²) in [7, 11) is 4.41. The highest BCUT2D eigenvalue weighted by Crippen LogP contribution is 2.40. The summed E-state index contributed by atoms with van der Waals surface area (Å²) in [5.74, 6) is 1.35. The number of benzene rings is 2. The summed E-state index contributed by atoms with van der Waals surface area (Å²) < 4.78 is 20.8. The van der Waals surface area contributed by atoms with E-state index in [0.717, 1.165) is 53.8 Å². The normalized spacial score (nSPS) is 15.7. The standard InChI is InChI=1S/C27H35FIN5O/c1-6-35-25-15-24-21(14-22(25)27(2,3)34(5)20-9-11-33(4)12-10-20)26(31-17-30-24)32-19-7-8-23(28)18(13-19)16-29/h7-8,13-15,17,20H,6,9-12,16H2,1-5H3,(H,30,31,32). The first-order valence-electron chi connectivity index (χ1n) is 12.2. The van der Waals surface area contributed by atoms with Crippen LogP contribution in [0.15, 0.2) is 36.7 Å². The first-order valence-corrected chi connectivity index (χ1v) is 13.7. The van der Waals surface area contributed by atoms with Gasteiger partial charge in [-0.15, -0.1) is 0 Å². The maximum Gasteiger partial charge on any atom is 0.141 e. The summed E-state index contributed by atoms with van der Waals surface area (Å²) in [5, 5.41) is 4.31. The predicted molar refractivity (Wildman–Crippen MR) is 149 cm³/mol. The highest BCUT2D eigenvalue weighted by molar-refractivity contribution is 14.1. The molecule has 1 fully saturated rings. The Bertz CT molecular complexity index is 1180. The third-order valence-corrected chi connectivity index (χ3v) is 8.09. The van der Waals surface area contributed by atoms with E-state index in [9.17, 15) is 4.39 Å². The monoisotopic (exact) mass is 591 g/mol. The summed E-state index contributed by atoms with van der Waals surface area (Å²) in [6.45, 7) is 9.34. The number of hydrogen-bond donors (Lipinski definition) is 1. The maximum atomic E-state index is 14.0. The molecule has 1 aliphatic rings. The molecule has 188 valence electrons. The molecule has 0 unspecified atom stereocenters. The molecule has 1 N–H and O–H groups in total. The second-order valence-corrected chi connectivity index (χ2v) is 10.6. The SMILES string of the molecule is CCOc1cc2ncnc(Nc3ccc(F)c(CI)c3)c2cc1C(C)(C)N(C)C1CCN(C)CC1. The van der Waals surface area contributed by atoms with Crippen LogP contribution >= 0.6 is 22.6 Å². The van der Waals surface area contributed by atoms with Crippen LogP contribution in [0.2, 0.25) is 0 Å². The van der Waals surface area contributed by atoms with Gasteiger partial charge in [0, 0.05) is 38.7 Å². The molecule has 1 saturated heterocycles. The lowest BCUT2D eigenvalue weighted by Crippen LogP contribution is -2.49. The quantitative estimate of drug-likeness (QED) is 0.252. The number of aromatic nitrogens is 2. The minimum Gasteiger partial charge on any atom is -0.493 e. The average molecular weight is 592 g/mol. The maximum absolute atomic E-state index is 14.0. The van der Waals surface area contributed by atoms with Crippen LogP contribution in [0.1, 0.15) is 44.7 Å². The molecular formula is C27H35FIN5O.